The second-order valence-electron chi connectivity index (χ2n) is 3.33. The summed E-state index contributed by atoms with van der Waals surface area (Å²) in [7, 11) is -0.756. The Morgan fingerprint density at radius 2 is 1.75 bits per heavy atom. The van der Waals surface area contributed by atoms with Gasteiger partial charge in [0.15, 0.2) is 9.04 Å². The van der Waals surface area contributed by atoms with E-state index < -0.39 is 9.04 Å². The smallest absolute Gasteiger partial charge is 0.176 e. The van der Waals surface area contributed by atoms with Crippen molar-refractivity contribution in [3.63, 3.8) is 0 Å². The number of unbranched alkanes of at least 4 members (excludes halogenated alkanes) is 3. The van der Waals surface area contributed by atoms with Crippen molar-refractivity contribution in [2.45, 2.75) is 58.5 Å². The fraction of sp³-hybridized carbons (Fsp3) is 1.00. The summed E-state index contributed by atoms with van der Waals surface area (Å²) in [6.07, 6.45) is 5.55. The molecule has 74 valence electrons. The third-order valence-electron chi connectivity index (χ3n) is 2.24. The van der Waals surface area contributed by atoms with Crippen LogP contribution in [0.25, 0.3) is 0 Å². The molecule has 0 spiro atoms. The Hall–Kier alpha value is 0.177. The van der Waals surface area contributed by atoms with Crippen LogP contribution in [-0.4, -0.2) is 15.6 Å². The third kappa shape index (κ3) is 6.86. The van der Waals surface area contributed by atoms with E-state index >= 15 is 0 Å². The van der Waals surface area contributed by atoms with E-state index in [0.29, 0.717) is 0 Å². The molecule has 0 aromatic carbocycles. The minimum atomic E-state index is -0.756. The van der Waals surface area contributed by atoms with E-state index in [1.54, 1.807) is 0 Å². The van der Waals surface area contributed by atoms with Crippen molar-refractivity contribution in [2.75, 3.05) is 6.61 Å². The lowest BCUT2D eigenvalue weighted by atomic mass is 10.2. The van der Waals surface area contributed by atoms with E-state index in [-0.39, 0.29) is 0 Å². The molecular weight excluding hydrogens is 164 g/mol. The first-order valence-corrected chi connectivity index (χ1v) is 7.57. The first-order chi connectivity index (χ1) is 5.85. The Morgan fingerprint density at radius 3 is 2.25 bits per heavy atom. The Kier molecular flexibility index (Phi) is 9.40. The van der Waals surface area contributed by atoms with Crippen molar-refractivity contribution in [1.82, 2.24) is 0 Å². The Bertz CT molecular complexity index is 85.9. The van der Waals surface area contributed by atoms with Crippen molar-refractivity contribution in [1.29, 1.82) is 0 Å². The van der Waals surface area contributed by atoms with Crippen LogP contribution in [0.2, 0.25) is 12.1 Å². The second-order valence-corrected chi connectivity index (χ2v) is 6.31. The third-order valence-corrected chi connectivity index (χ3v) is 5.00. The standard InChI is InChI=1S/C10H24OSi/c1-4-7-8-9-10-12(6-3)11-5-2/h12H,4-10H2,1-3H3. The van der Waals surface area contributed by atoms with E-state index in [0.717, 1.165) is 6.61 Å². The van der Waals surface area contributed by atoms with Gasteiger partial charge in [-0.25, -0.2) is 0 Å². The van der Waals surface area contributed by atoms with Crippen LogP contribution in [0, 0.1) is 0 Å². The van der Waals surface area contributed by atoms with Gasteiger partial charge in [0.2, 0.25) is 0 Å². The molecule has 1 unspecified atom stereocenters. The second kappa shape index (κ2) is 9.27. The quantitative estimate of drug-likeness (QED) is 0.419. The van der Waals surface area contributed by atoms with Crippen molar-refractivity contribution >= 4 is 9.04 Å². The molecule has 0 fully saturated rings. The molecule has 0 aliphatic rings. The van der Waals surface area contributed by atoms with Crippen molar-refractivity contribution in [2.24, 2.45) is 0 Å². The monoisotopic (exact) mass is 188 g/mol. The molecule has 0 bridgehead atoms. The average Bonchev–Trinajstić information content (AvgIpc) is 2.10. The van der Waals surface area contributed by atoms with Crippen LogP contribution in [0.1, 0.15) is 46.5 Å². The van der Waals surface area contributed by atoms with Crippen LogP contribution in [0.15, 0.2) is 0 Å². The molecule has 1 nitrogen and oxygen atoms in total. The molecule has 0 aliphatic heterocycles. The largest absolute Gasteiger partial charge is 0.420 e. The van der Waals surface area contributed by atoms with E-state index in [1.807, 2.05) is 0 Å². The van der Waals surface area contributed by atoms with Gasteiger partial charge in [0.25, 0.3) is 0 Å². The van der Waals surface area contributed by atoms with Crippen LogP contribution in [0.5, 0.6) is 0 Å². The predicted molar refractivity (Wildman–Crippen MR) is 58.2 cm³/mol. The molecule has 12 heavy (non-hydrogen) atoms. The first kappa shape index (κ1) is 12.2. The van der Waals surface area contributed by atoms with Gasteiger partial charge in [-0.05, 0) is 19.0 Å². The summed E-state index contributed by atoms with van der Waals surface area (Å²) < 4.78 is 5.71. The fourth-order valence-electron chi connectivity index (χ4n) is 1.44. The van der Waals surface area contributed by atoms with Crippen LogP contribution >= 0.6 is 0 Å². The van der Waals surface area contributed by atoms with Gasteiger partial charge in [0.1, 0.15) is 0 Å². The summed E-state index contributed by atoms with van der Waals surface area (Å²) in [5.74, 6) is 0. The minimum Gasteiger partial charge on any atom is -0.420 e. The van der Waals surface area contributed by atoms with Crippen molar-refractivity contribution in [3.8, 4) is 0 Å². The summed E-state index contributed by atoms with van der Waals surface area (Å²) >= 11 is 0. The van der Waals surface area contributed by atoms with Crippen molar-refractivity contribution in [3.05, 3.63) is 0 Å². The molecule has 0 saturated carbocycles. The Labute approximate surface area is 79.2 Å². The summed E-state index contributed by atoms with van der Waals surface area (Å²) in [5.41, 5.74) is 0. The molecule has 0 rings (SSSR count). The summed E-state index contributed by atoms with van der Waals surface area (Å²) in [5, 5.41) is 0. The fourth-order valence-corrected chi connectivity index (χ4v) is 3.47. The van der Waals surface area contributed by atoms with E-state index in [1.165, 1.54) is 37.8 Å². The topological polar surface area (TPSA) is 9.23 Å². The van der Waals surface area contributed by atoms with Gasteiger partial charge < -0.3 is 4.43 Å². The SMILES string of the molecule is CCCCCC[SiH](CC)OCC. The minimum absolute atomic E-state index is 0.756. The highest BCUT2D eigenvalue weighted by Gasteiger charge is 2.06. The van der Waals surface area contributed by atoms with E-state index in [9.17, 15) is 0 Å². The maximum atomic E-state index is 5.71. The highest BCUT2D eigenvalue weighted by Crippen LogP contribution is 2.09. The van der Waals surface area contributed by atoms with Crippen LogP contribution < -0.4 is 0 Å². The van der Waals surface area contributed by atoms with Gasteiger partial charge in [-0.2, -0.15) is 0 Å². The molecule has 0 N–H and O–H groups in total. The van der Waals surface area contributed by atoms with Gasteiger partial charge in [0, 0.05) is 6.61 Å². The highest BCUT2D eigenvalue weighted by molar-refractivity contribution is 6.51. The zero-order valence-corrected chi connectivity index (χ0v) is 10.1. The van der Waals surface area contributed by atoms with Crippen LogP contribution in [0.3, 0.4) is 0 Å². The highest BCUT2D eigenvalue weighted by atomic mass is 28.3. The predicted octanol–water partition coefficient (Wildman–Crippen LogP) is 3.35. The summed E-state index contributed by atoms with van der Waals surface area (Å²) in [6, 6.07) is 2.70. The van der Waals surface area contributed by atoms with E-state index in [2.05, 4.69) is 20.8 Å². The van der Waals surface area contributed by atoms with Crippen LogP contribution in [0.4, 0.5) is 0 Å². The molecule has 2 heteroatoms. The maximum Gasteiger partial charge on any atom is 0.176 e. The Balaban J connectivity index is 3.19. The lowest BCUT2D eigenvalue weighted by Crippen LogP contribution is -2.15. The summed E-state index contributed by atoms with van der Waals surface area (Å²) in [4.78, 5) is 0. The average molecular weight is 188 g/mol. The summed E-state index contributed by atoms with van der Waals surface area (Å²) in [6.45, 7) is 7.57. The lowest BCUT2D eigenvalue weighted by molar-refractivity contribution is 0.340. The maximum absolute atomic E-state index is 5.71. The Morgan fingerprint density at radius 1 is 1.00 bits per heavy atom. The van der Waals surface area contributed by atoms with E-state index in [4.69, 9.17) is 4.43 Å². The van der Waals surface area contributed by atoms with Gasteiger partial charge >= 0.3 is 0 Å². The molecule has 0 saturated heterocycles. The number of hydrogen-bond acceptors (Lipinski definition) is 1. The molecule has 0 amide bonds. The van der Waals surface area contributed by atoms with Gasteiger partial charge in [-0.1, -0.05) is 39.5 Å². The molecular formula is C10H24OSi. The molecule has 0 aromatic rings. The van der Waals surface area contributed by atoms with Crippen LogP contribution in [-0.2, 0) is 4.43 Å². The van der Waals surface area contributed by atoms with Gasteiger partial charge in [-0.15, -0.1) is 0 Å². The zero-order chi connectivity index (χ0) is 9.23. The zero-order valence-electron chi connectivity index (χ0n) is 8.94. The molecule has 0 aliphatic carbocycles. The van der Waals surface area contributed by atoms with Gasteiger partial charge in [0.05, 0.1) is 0 Å². The molecule has 0 aromatic heterocycles. The van der Waals surface area contributed by atoms with Crippen molar-refractivity contribution < 1.29 is 4.43 Å². The van der Waals surface area contributed by atoms with Gasteiger partial charge in [-0.3, -0.25) is 0 Å². The lowest BCUT2D eigenvalue weighted by Gasteiger charge is -2.12. The number of hydrogen-bond donors (Lipinski definition) is 0. The molecule has 0 heterocycles. The number of rotatable bonds is 8. The molecule has 1 atom stereocenters. The molecule has 0 radical (unpaired) electrons. The first-order valence-electron chi connectivity index (χ1n) is 5.46. The normalized spacial score (nSPS) is 13.2.